The molecule has 0 spiro atoms. The first-order valence-electron chi connectivity index (χ1n) is 3.75. The van der Waals surface area contributed by atoms with E-state index in [0.29, 0.717) is 12.6 Å². The summed E-state index contributed by atoms with van der Waals surface area (Å²) in [6, 6.07) is 0.424. The van der Waals surface area contributed by atoms with Crippen molar-refractivity contribution in [3.05, 3.63) is 22.5 Å². The number of hydrogen-bond donors (Lipinski definition) is 1. The Bertz CT molecular complexity index is 370. The summed E-state index contributed by atoms with van der Waals surface area (Å²) in [6.07, 6.45) is 1.29. The zero-order valence-electron chi connectivity index (χ0n) is 7.02. The van der Waals surface area contributed by atoms with Crippen molar-refractivity contribution in [3.8, 4) is 0 Å². The monoisotopic (exact) mass is 196 g/mol. The number of nitrogens with zero attached hydrogens (tertiary/aromatic N) is 3. The lowest BCUT2D eigenvalue weighted by Gasteiger charge is -1.95. The first-order valence-corrected chi connectivity index (χ1v) is 4.63. The molecule has 0 saturated carbocycles. The van der Waals surface area contributed by atoms with Gasteiger partial charge in [-0.15, -0.1) is 16.4 Å². The largest absolute Gasteiger partial charge is 0.411 e. The predicted molar refractivity (Wildman–Crippen MR) is 48.5 cm³/mol. The molecule has 0 bridgehead atoms. The predicted octanol–water partition coefficient (Wildman–Crippen LogP) is 1.45. The minimum absolute atomic E-state index is 0.424. The van der Waals surface area contributed by atoms with Gasteiger partial charge in [0.05, 0.1) is 6.54 Å². The average molecular weight is 196 g/mol. The van der Waals surface area contributed by atoms with Crippen LogP contribution in [0.2, 0.25) is 0 Å². The summed E-state index contributed by atoms with van der Waals surface area (Å²) in [7, 11) is 0. The normalized spacial score (nSPS) is 10.2. The van der Waals surface area contributed by atoms with Gasteiger partial charge in [-0.25, -0.2) is 4.98 Å². The number of aryl methyl sites for hydroxylation is 1. The van der Waals surface area contributed by atoms with Crippen molar-refractivity contribution in [3.63, 3.8) is 0 Å². The van der Waals surface area contributed by atoms with Gasteiger partial charge in [0.15, 0.2) is 0 Å². The molecule has 0 fully saturated rings. The van der Waals surface area contributed by atoms with Gasteiger partial charge in [0.25, 0.3) is 0 Å². The number of hydrogen-bond acceptors (Lipinski definition) is 6. The molecular weight excluding hydrogens is 188 g/mol. The van der Waals surface area contributed by atoms with E-state index < -0.39 is 0 Å². The molecule has 0 atom stereocenters. The molecule has 0 aliphatic carbocycles. The van der Waals surface area contributed by atoms with Crippen LogP contribution >= 0.6 is 11.3 Å². The highest BCUT2D eigenvalue weighted by atomic mass is 32.1. The maximum absolute atomic E-state index is 4.91. The molecule has 6 heteroatoms. The van der Waals surface area contributed by atoms with E-state index in [1.165, 1.54) is 6.39 Å². The number of nitrogens with one attached hydrogen (secondary N) is 1. The lowest BCUT2D eigenvalue weighted by atomic mass is 10.6. The summed E-state index contributed by atoms with van der Waals surface area (Å²) < 4.78 is 4.91. The SMILES string of the molecule is Cc1csc(CNc2nnco2)n1. The molecule has 2 aromatic rings. The standard InChI is InChI=1S/C7H8N4OS/c1-5-3-13-6(10-5)2-8-7-11-9-4-12-7/h3-4H,2H2,1H3,(H,8,11). The van der Waals surface area contributed by atoms with Crippen LogP contribution in [0.4, 0.5) is 6.01 Å². The van der Waals surface area contributed by atoms with Gasteiger partial charge >= 0.3 is 6.01 Å². The van der Waals surface area contributed by atoms with Crippen LogP contribution in [-0.4, -0.2) is 15.2 Å². The summed E-state index contributed by atoms with van der Waals surface area (Å²) in [6.45, 7) is 2.59. The van der Waals surface area contributed by atoms with Gasteiger partial charge in [0.2, 0.25) is 6.39 Å². The van der Waals surface area contributed by atoms with Crippen molar-refractivity contribution in [1.82, 2.24) is 15.2 Å². The second-order valence-corrected chi connectivity index (χ2v) is 3.42. The van der Waals surface area contributed by atoms with Crippen LogP contribution in [0.1, 0.15) is 10.7 Å². The molecule has 13 heavy (non-hydrogen) atoms. The Hall–Kier alpha value is -1.43. The third-order valence-corrected chi connectivity index (χ3v) is 2.38. The maximum atomic E-state index is 4.91. The molecule has 0 saturated heterocycles. The van der Waals surface area contributed by atoms with Gasteiger partial charge in [-0.05, 0) is 6.92 Å². The van der Waals surface area contributed by atoms with Gasteiger partial charge in [-0.2, -0.15) is 0 Å². The van der Waals surface area contributed by atoms with Gasteiger partial charge in [-0.3, -0.25) is 0 Å². The van der Waals surface area contributed by atoms with E-state index in [4.69, 9.17) is 4.42 Å². The van der Waals surface area contributed by atoms with E-state index in [9.17, 15) is 0 Å². The van der Waals surface area contributed by atoms with E-state index in [-0.39, 0.29) is 0 Å². The Morgan fingerprint density at radius 2 is 2.54 bits per heavy atom. The third-order valence-electron chi connectivity index (χ3n) is 1.42. The summed E-state index contributed by atoms with van der Waals surface area (Å²) >= 11 is 1.61. The van der Waals surface area contributed by atoms with E-state index in [0.717, 1.165) is 10.7 Å². The number of rotatable bonds is 3. The molecule has 2 aromatic heterocycles. The summed E-state index contributed by atoms with van der Waals surface area (Å²) in [4.78, 5) is 4.28. The quantitative estimate of drug-likeness (QED) is 0.804. The summed E-state index contributed by atoms with van der Waals surface area (Å²) in [5, 5.41) is 13.2. The van der Waals surface area contributed by atoms with E-state index in [1.807, 2.05) is 12.3 Å². The van der Waals surface area contributed by atoms with Crippen molar-refractivity contribution in [2.75, 3.05) is 5.32 Å². The second kappa shape index (κ2) is 3.53. The van der Waals surface area contributed by atoms with Crippen molar-refractivity contribution >= 4 is 17.4 Å². The first kappa shape index (κ1) is 8.18. The van der Waals surface area contributed by atoms with Gasteiger partial charge in [0, 0.05) is 11.1 Å². The van der Waals surface area contributed by atoms with Crippen LogP contribution in [0, 0.1) is 6.92 Å². The lowest BCUT2D eigenvalue weighted by molar-refractivity contribution is 0.565. The molecule has 0 amide bonds. The van der Waals surface area contributed by atoms with Crippen LogP contribution in [-0.2, 0) is 6.54 Å². The Labute approximate surface area is 78.8 Å². The maximum Gasteiger partial charge on any atom is 0.315 e. The van der Waals surface area contributed by atoms with Crippen LogP contribution in [0.3, 0.4) is 0 Å². The summed E-state index contributed by atoms with van der Waals surface area (Å²) in [5.74, 6) is 0. The van der Waals surface area contributed by atoms with Crippen LogP contribution in [0.25, 0.3) is 0 Å². The summed E-state index contributed by atoms with van der Waals surface area (Å²) in [5.41, 5.74) is 1.03. The minimum atomic E-state index is 0.424. The minimum Gasteiger partial charge on any atom is -0.411 e. The molecule has 68 valence electrons. The molecule has 0 aliphatic heterocycles. The van der Waals surface area contributed by atoms with E-state index in [2.05, 4.69) is 20.5 Å². The molecule has 0 unspecified atom stereocenters. The average Bonchev–Trinajstić information content (AvgIpc) is 2.71. The van der Waals surface area contributed by atoms with Crippen LogP contribution in [0.15, 0.2) is 16.2 Å². The van der Waals surface area contributed by atoms with Crippen molar-refractivity contribution in [2.45, 2.75) is 13.5 Å². The Morgan fingerprint density at radius 1 is 1.62 bits per heavy atom. The van der Waals surface area contributed by atoms with E-state index in [1.54, 1.807) is 11.3 Å². The number of aromatic nitrogens is 3. The molecule has 0 aliphatic rings. The zero-order valence-corrected chi connectivity index (χ0v) is 7.84. The highest BCUT2D eigenvalue weighted by molar-refractivity contribution is 7.09. The molecule has 2 rings (SSSR count). The molecular formula is C7H8N4OS. The van der Waals surface area contributed by atoms with Gasteiger partial charge < -0.3 is 9.73 Å². The molecule has 2 heterocycles. The molecule has 0 radical (unpaired) electrons. The van der Waals surface area contributed by atoms with Gasteiger partial charge in [-0.1, -0.05) is 5.10 Å². The number of thiazole rings is 1. The zero-order chi connectivity index (χ0) is 9.10. The van der Waals surface area contributed by atoms with Crippen LogP contribution in [0.5, 0.6) is 0 Å². The molecule has 0 aromatic carbocycles. The highest BCUT2D eigenvalue weighted by Gasteiger charge is 2.00. The topological polar surface area (TPSA) is 63.8 Å². The Kier molecular flexibility index (Phi) is 2.22. The fourth-order valence-corrected chi connectivity index (χ4v) is 1.60. The van der Waals surface area contributed by atoms with Crippen molar-refractivity contribution in [2.24, 2.45) is 0 Å². The lowest BCUT2D eigenvalue weighted by Crippen LogP contribution is -1.98. The first-order chi connectivity index (χ1) is 6.34. The van der Waals surface area contributed by atoms with Crippen LogP contribution < -0.4 is 5.32 Å². The van der Waals surface area contributed by atoms with Crippen molar-refractivity contribution < 1.29 is 4.42 Å². The fourth-order valence-electron chi connectivity index (χ4n) is 0.885. The third kappa shape index (κ3) is 2.03. The van der Waals surface area contributed by atoms with E-state index >= 15 is 0 Å². The van der Waals surface area contributed by atoms with Crippen molar-refractivity contribution in [1.29, 1.82) is 0 Å². The molecule has 5 nitrogen and oxygen atoms in total. The highest BCUT2D eigenvalue weighted by Crippen LogP contribution is 2.10. The Balaban J connectivity index is 1.93. The molecule has 1 N–H and O–H groups in total. The fraction of sp³-hybridized carbons (Fsp3) is 0.286. The Morgan fingerprint density at radius 3 is 3.15 bits per heavy atom. The number of anilines is 1. The second-order valence-electron chi connectivity index (χ2n) is 2.48. The smallest absolute Gasteiger partial charge is 0.315 e. The van der Waals surface area contributed by atoms with Gasteiger partial charge in [0.1, 0.15) is 5.01 Å².